The molecule has 4 heteroatoms. The average Bonchev–Trinajstić information content (AvgIpc) is 3.02. The van der Waals surface area contributed by atoms with Crippen LogP contribution in [0.2, 0.25) is 0 Å². The van der Waals surface area contributed by atoms with E-state index in [-0.39, 0.29) is 17.7 Å². The molecular formula is C17H28N2O2. The van der Waals surface area contributed by atoms with Crippen molar-refractivity contribution in [3.05, 3.63) is 0 Å². The zero-order valence-electron chi connectivity index (χ0n) is 13.0. The summed E-state index contributed by atoms with van der Waals surface area (Å²) in [5.74, 6) is 0.209. The molecule has 0 aromatic heterocycles. The summed E-state index contributed by atoms with van der Waals surface area (Å²) in [7, 11) is 0. The standard InChI is InChI=1S/C17H28N2O2/c20-16-11-13(17(21)18-14-7-5-6-8-14)12-19(16)15-9-3-1-2-4-10-15/h13-15H,1-12H2,(H,18,21). The van der Waals surface area contributed by atoms with Crippen molar-refractivity contribution in [3.8, 4) is 0 Å². The summed E-state index contributed by atoms with van der Waals surface area (Å²) in [5, 5.41) is 3.16. The Morgan fingerprint density at radius 1 is 0.952 bits per heavy atom. The van der Waals surface area contributed by atoms with E-state index in [1.807, 2.05) is 4.90 Å². The minimum absolute atomic E-state index is 0.110. The van der Waals surface area contributed by atoms with Crippen LogP contribution < -0.4 is 5.32 Å². The Bertz CT molecular complexity index is 382. The molecule has 0 bridgehead atoms. The minimum atomic E-state index is -0.110. The van der Waals surface area contributed by atoms with E-state index in [2.05, 4.69) is 5.32 Å². The Morgan fingerprint density at radius 2 is 1.57 bits per heavy atom. The second-order valence-electron chi connectivity index (χ2n) is 7.08. The van der Waals surface area contributed by atoms with Gasteiger partial charge in [0.15, 0.2) is 0 Å². The molecule has 2 amide bonds. The van der Waals surface area contributed by atoms with Gasteiger partial charge in [-0.3, -0.25) is 9.59 Å². The molecule has 0 aromatic carbocycles. The number of likely N-dealkylation sites (tertiary alicyclic amines) is 1. The molecule has 1 aliphatic heterocycles. The molecule has 3 aliphatic rings. The topological polar surface area (TPSA) is 49.4 Å². The first-order valence-electron chi connectivity index (χ1n) is 8.84. The van der Waals surface area contributed by atoms with Crippen molar-refractivity contribution in [1.82, 2.24) is 10.2 Å². The number of hydrogen-bond donors (Lipinski definition) is 1. The van der Waals surface area contributed by atoms with Crippen LogP contribution in [0.5, 0.6) is 0 Å². The molecular weight excluding hydrogens is 264 g/mol. The van der Waals surface area contributed by atoms with Crippen LogP contribution in [0, 0.1) is 5.92 Å². The number of hydrogen-bond acceptors (Lipinski definition) is 2. The van der Waals surface area contributed by atoms with Crippen molar-refractivity contribution < 1.29 is 9.59 Å². The maximum absolute atomic E-state index is 12.4. The Balaban J connectivity index is 1.54. The summed E-state index contributed by atoms with van der Waals surface area (Å²) in [6.07, 6.45) is 12.4. The van der Waals surface area contributed by atoms with Gasteiger partial charge in [-0.15, -0.1) is 0 Å². The predicted molar refractivity (Wildman–Crippen MR) is 81.7 cm³/mol. The van der Waals surface area contributed by atoms with Crippen LogP contribution in [0.4, 0.5) is 0 Å². The molecule has 3 rings (SSSR count). The van der Waals surface area contributed by atoms with Crippen LogP contribution in [0.1, 0.15) is 70.6 Å². The van der Waals surface area contributed by atoms with Gasteiger partial charge in [0.05, 0.1) is 5.92 Å². The fraction of sp³-hybridized carbons (Fsp3) is 0.882. The molecule has 1 N–H and O–H groups in total. The molecule has 1 unspecified atom stereocenters. The van der Waals surface area contributed by atoms with E-state index >= 15 is 0 Å². The van der Waals surface area contributed by atoms with Gasteiger partial charge in [0, 0.05) is 25.0 Å². The van der Waals surface area contributed by atoms with E-state index < -0.39 is 0 Å². The highest BCUT2D eigenvalue weighted by Gasteiger charge is 2.38. The lowest BCUT2D eigenvalue weighted by molar-refractivity contribution is -0.130. The first-order chi connectivity index (χ1) is 10.2. The molecule has 0 aromatic rings. The summed E-state index contributed by atoms with van der Waals surface area (Å²) < 4.78 is 0. The fourth-order valence-electron chi connectivity index (χ4n) is 4.22. The lowest BCUT2D eigenvalue weighted by Crippen LogP contribution is -2.40. The quantitative estimate of drug-likeness (QED) is 0.813. The van der Waals surface area contributed by atoms with Gasteiger partial charge in [-0.1, -0.05) is 38.5 Å². The van der Waals surface area contributed by atoms with Crippen molar-refractivity contribution in [3.63, 3.8) is 0 Å². The number of nitrogens with one attached hydrogen (secondary N) is 1. The molecule has 4 nitrogen and oxygen atoms in total. The monoisotopic (exact) mass is 292 g/mol. The third-order valence-corrected chi connectivity index (χ3v) is 5.50. The summed E-state index contributed by atoms with van der Waals surface area (Å²) >= 11 is 0. The van der Waals surface area contributed by atoms with Crippen LogP contribution in [-0.2, 0) is 9.59 Å². The van der Waals surface area contributed by atoms with Gasteiger partial charge < -0.3 is 10.2 Å². The highest BCUT2D eigenvalue weighted by atomic mass is 16.2. The fourth-order valence-corrected chi connectivity index (χ4v) is 4.22. The number of amides is 2. The minimum Gasteiger partial charge on any atom is -0.353 e. The first kappa shape index (κ1) is 14.9. The molecule has 2 saturated carbocycles. The lowest BCUT2D eigenvalue weighted by Gasteiger charge is -2.27. The van der Waals surface area contributed by atoms with E-state index in [0.717, 1.165) is 25.7 Å². The number of nitrogens with zero attached hydrogens (tertiary/aromatic N) is 1. The summed E-state index contributed by atoms with van der Waals surface area (Å²) in [5.41, 5.74) is 0. The highest BCUT2D eigenvalue weighted by molar-refractivity contribution is 5.89. The zero-order valence-corrected chi connectivity index (χ0v) is 13.0. The van der Waals surface area contributed by atoms with Gasteiger partial charge in [-0.05, 0) is 25.7 Å². The van der Waals surface area contributed by atoms with E-state index in [0.29, 0.717) is 25.0 Å². The van der Waals surface area contributed by atoms with E-state index in [9.17, 15) is 9.59 Å². The molecule has 118 valence electrons. The number of carbonyl (C=O) groups excluding carboxylic acids is 2. The Hall–Kier alpha value is -1.06. The summed E-state index contributed by atoms with van der Waals surface area (Å²) in [6.45, 7) is 0.655. The molecule has 1 atom stereocenters. The van der Waals surface area contributed by atoms with Crippen LogP contribution >= 0.6 is 0 Å². The second kappa shape index (κ2) is 6.80. The molecule has 3 fully saturated rings. The summed E-state index contributed by atoms with van der Waals surface area (Å²) in [4.78, 5) is 26.7. The van der Waals surface area contributed by atoms with Crippen LogP contribution in [0.25, 0.3) is 0 Å². The summed E-state index contributed by atoms with van der Waals surface area (Å²) in [6, 6.07) is 0.754. The van der Waals surface area contributed by atoms with Crippen LogP contribution in [0.3, 0.4) is 0 Å². The van der Waals surface area contributed by atoms with Gasteiger partial charge in [-0.2, -0.15) is 0 Å². The Kier molecular flexibility index (Phi) is 4.81. The first-order valence-corrected chi connectivity index (χ1v) is 8.84. The van der Waals surface area contributed by atoms with Gasteiger partial charge in [0.25, 0.3) is 0 Å². The van der Waals surface area contributed by atoms with Gasteiger partial charge in [-0.25, -0.2) is 0 Å². The molecule has 0 spiro atoms. The van der Waals surface area contributed by atoms with Crippen LogP contribution in [0.15, 0.2) is 0 Å². The molecule has 0 radical (unpaired) electrons. The van der Waals surface area contributed by atoms with Crippen molar-refractivity contribution in [1.29, 1.82) is 0 Å². The molecule has 21 heavy (non-hydrogen) atoms. The number of carbonyl (C=O) groups is 2. The Labute approximate surface area is 127 Å². The van der Waals surface area contributed by atoms with Gasteiger partial charge >= 0.3 is 0 Å². The molecule has 1 saturated heterocycles. The highest BCUT2D eigenvalue weighted by Crippen LogP contribution is 2.28. The van der Waals surface area contributed by atoms with Crippen LogP contribution in [-0.4, -0.2) is 35.3 Å². The molecule has 2 aliphatic carbocycles. The van der Waals surface area contributed by atoms with E-state index in [1.54, 1.807) is 0 Å². The van der Waals surface area contributed by atoms with Crippen molar-refractivity contribution in [2.45, 2.75) is 82.7 Å². The third-order valence-electron chi connectivity index (χ3n) is 5.50. The predicted octanol–water partition coefficient (Wildman–Crippen LogP) is 2.62. The SMILES string of the molecule is O=C(NC1CCCC1)C1CC(=O)N(C2CCCCCC2)C1. The van der Waals surface area contributed by atoms with E-state index in [4.69, 9.17) is 0 Å². The maximum Gasteiger partial charge on any atom is 0.225 e. The number of rotatable bonds is 3. The lowest BCUT2D eigenvalue weighted by atomic mass is 10.1. The average molecular weight is 292 g/mol. The zero-order chi connectivity index (χ0) is 14.7. The Morgan fingerprint density at radius 3 is 2.24 bits per heavy atom. The van der Waals surface area contributed by atoms with Gasteiger partial charge in [0.1, 0.15) is 0 Å². The smallest absolute Gasteiger partial charge is 0.225 e. The van der Waals surface area contributed by atoms with Gasteiger partial charge in [0.2, 0.25) is 11.8 Å². The van der Waals surface area contributed by atoms with E-state index in [1.165, 1.54) is 38.5 Å². The van der Waals surface area contributed by atoms with Crippen molar-refractivity contribution in [2.75, 3.05) is 6.54 Å². The van der Waals surface area contributed by atoms with Crippen molar-refractivity contribution in [2.24, 2.45) is 5.92 Å². The second-order valence-corrected chi connectivity index (χ2v) is 7.08. The third kappa shape index (κ3) is 3.58. The normalized spacial score (nSPS) is 28.9. The molecule has 1 heterocycles. The maximum atomic E-state index is 12.4. The van der Waals surface area contributed by atoms with Crippen molar-refractivity contribution >= 4 is 11.8 Å². The largest absolute Gasteiger partial charge is 0.353 e.